The number of anilines is 1. The molecule has 18 heteroatoms. The molecule has 1 aliphatic carbocycles. The standard InChI is InChI=1S/C62H84F3N7O7Si/c1-58(2,62(63,64)65)40-68(29-25-60(28-34-79-59(3,4)39-60)47-17-19-48(77-5)20-18-47)38-44-11-15-46(16-12-44)45-13-9-43(10-14-45)37-67-30-26-61(27-31-67)41-69-32-33-70-54-50(22-21-49(53(54)69)55(74)66-61)72(57(70)76)51-23-24-52(73)71(56(51)75)42-78-35-36-80(6,7)8/h11-13,15-22,43,51H,9-10,14,23-42H2,1-8H3,(H,66,74)/t43-,51?,60+/m0/s1. The second kappa shape index (κ2) is 22.5. The normalized spacial score (nSPS) is 23.6. The van der Waals surface area contributed by atoms with Crippen molar-refractivity contribution in [2.75, 3.05) is 77.8 Å². The number of hydrogen-bond donors (Lipinski definition) is 1. The number of imidazole rings is 1. The zero-order chi connectivity index (χ0) is 57.0. The van der Waals surface area contributed by atoms with Gasteiger partial charge < -0.3 is 29.3 Å². The smallest absolute Gasteiger partial charge is 0.395 e. The molecule has 0 saturated carbocycles. The van der Waals surface area contributed by atoms with Gasteiger partial charge in [-0.3, -0.25) is 33.3 Å². The van der Waals surface area contributed by atoms with Gasteiger partial charge in [-0.2, -0.15) is 13.2 Å². The van der Waals surface area contributed by atoms with Gasteiger partial charge in [-0.25, -0.2) is 4.79 Å². The maximum absolute atomic E-state index is 14.5. The number of likely N-dealkylation sites (tertiary alicyclic amines) is 2. The van der Waals surface area contributed by atoms with Gasteiger partial charge in [-0.05, 0) is 151 Å². The molecule has 1 N–H and O–H groups in total. The predicted molar refractivity (Wildman–Crippen MR) is 309 cm³/mol. The summed E-state index contributed by atoms with van der Waals surface area (Å²) < 4.78 is 64.2. The zero-order valence-electron chi connectivity index (χ0n) is 48.4. The first-order chi connectivity index (χ1) is 37.9. The number of halogens is 3. The molecule has 0 radical (unpaired) electrons. The molecule has 434 valence electrons. The van der Waals surface area contributed by atoms with Gasteiger partial charge in [0.05, 0.1) is 45.9 Å². The number of alkyl halides is 3. The van der Waals surface area contributed by atoms with Crippen LogP contribution in [-0.2, 0) is 37.6 Å². The topological polar surface area (TPSA) is 131 Å². The second-order valence-corrected chi connectivity index (χ2v) is 32.2. The number of piperidine rings is 2. The summed E-state index contributed by atoms with van der Waals surface area (Å²) in [7, 11) is 0.268. The van der Waals surface area contributed by atoms with Gasteiger partial charge in [0.1, 0.15) is 18.5 Å². The van der Waals surface area contributed by atoms with E-state index in [0.29, 0.717) is 74.9 Å². The Bertz CT molecular complexity index is 3030. The van der Waals surface area contributed by atoms with Crippen LogP contribution in [0.2, 0.25) is 25.7 Å². The Morgan fingerprint density at radius 1 is 0.887 bits per heavy atom. The highest BCUT2D eigenvalue weighted by atomic mass is 28.3. The van der Waals surface area contributed by atoms with Gasteiger partial charge >= 0.3 is 11.9 Å². The maximum Gasteiger partial charge on any atom is 0.395 e. The summed E-state index contributed by atoms with van der Waals surface area (Å²) in [5.41, 5.74) is 3.89. The molecule has 6 aliphatic rings. The fourth-order valence-corrected chi connectivity index (χ4v) is 14.5. The summed E-state index contributed by atoms with van der Waals surface area (Å²) in [5, 5.41) is 3.47. The molecule has 3 fully saturated rings. The van der Waals surface area contributed by atoms with E-state index in [9.17, 15) is 32.3 Å². The van der Waals surface area contributed by atoms with Crippen molar-refractivity contribution in [2.45, 2.75) is 159 Å². The number of ether oxygens (including phenoxy) is 3. The SMILES string of the molecule is COc1ccc([C@]2(CCN(Cc3ccc(C4=CC[C@H](CN5CCC6(CC5)CN5CCn7c(=O)n(C8CCC(=O)N(COCC[Si](C)(C)C)C8=O)c8ccc(c5c87)C(=O)N6)CC4)cc3)CC(C)(C)C(F)(F)F)CCOC(C)(C)C2)cc1. The number of benzene rings is 3. The number of methoxy groups -OCH3 is 1. The van der Waals surface area contributed by atoms with E-state index in [4.69, 9.17) is 14.2 Å². The van der Waals surface area contributed by atoms with Gasteiger partial charge in [0.2, 0.25) is 5.91 Å². The van der Waals surface area contributed by atoms with Crippen LogP contribution < -0.4 is 20.6 Å². The summed E-state index contributed by atoms with van der Waals surface area (Å²) in [5.74, 6) is 0.388. The number of nitrogens with zero attached hydrogens (tertiary/aromatic N) is 6. The number of rotatable bonds is 18. The third kappa shape index (κ3) is 12.1. The minimum atomic E-state index is -4.35. The quantitative estimate of drug-likeness (QED) is 0.0584. The van der Waals surface area contributed by atoms with Gasteiger partial charge in [-0.15, -0.1) is 0 Å². The van der Waals surface area contributed by atoms with Crippen molar-refractivity contribution in [3.63, 3.8) is 0 Å². The van der Waals surface area contributed by atoms with Crippen LogP contribution >= 0.6 is 0 Å². The van der Waals surface area contributed by atoms with Crippen molar-refractivity contribution in [2.24, 2.45) is 11.3 Å². The molecule has 1 unspecified atom stereocenters. The first-order valence-electron chi connectivity index (χ1n) is 29.2. The average molecular weight is 1120 g/mol. The minimum Gasteiger partial charge on any atom is -0.497 e. The average Bonchev–Trinajstić information content (AvgIpc) is 3.92. The fourth-order valence-electron chi connectivity index (χ4n) is 13.8. The molecule has 10 rings (SSSR count). The van der Waals surface area contributed by atoms with Crippen LogP contribution in [0, 0.1) is 11.3 Å². The number of amides is 3. The second-order valence-electron chi connectivity index (χ2n) is 26.6. The van der Waals surface area contributed by atoms with Crippen molar-refractivity contribution < 1.29 is 41.8 Å². The molecular weight excluding hydrogens is 1040 g/mol. The van der Waals surface area contributed by atoms with Crippen LogP contribution in [0.15, 0.2) is 71.5 Å². The van der Waals surface area contributed by atoms with Crippen LogP contribution in [-0.4, -0.2) is 140 Å². The molecular formula is C62H84F3N7O7Si. The van der Waals surface area contributed by atoms with Crippen LogP contribution in [0.3, 0.4) is 0 Å². The molecule has 1 aromatic heterocycles. The van der Waals surface area contributed by atoms with Gasteiger partial charge in [0, 0.05) is 85.5 Å². The lowest BCUT2D eigenvalue weighted by atomic mass is 9.67. The van der Waals surface area contributed by atoms with Crippen molar-refractivity contribution in [1.29, 1.82) is 0 Å². The van der Waals surface area contributed by atoms with Gasteiger partial charge in [-0.1, -0.05) is 62.1 Å². The molecule has 3 amide bonds. The zero-order valence-corrected chi connectivity index (χ0v) is 49.4. The Balaban J connectivity index is 0.759. The summed E-state index contributed by atoms with van der Waals surface area (Å²) >= 11 is 0. The number of nitrogens with one attached hydrogen (secondary N) is 1. The predicted octanol–water partition coefficient (Wildman–Crippen LogP) is 10.4. The Labute approximate surface area is 470 Å². The molecule has 6 heterocycles. The lowest BCUT2D eigenvalue weighted by Crippen LogP contribution is -2.60. The minimum absolute atomic E-state index is 0.113. The molecule has 0 bridgehead atoms. The Kier molecular flexibility index (Phi) is 16.3. The Morgan fingerprint density at radius 3 is 2.29 bits per heavy atom. The van der Waals surface area contributed by atoms with Gasteiger partial charge in [0.15, 0.2) is 0 Å². The monoisotopic (exact) mass is 1120 g/mol. The van der Waals surface area contributed by atoms with E-state index in [1.165, 1.54) is 29.9 Å². The number of carbonyl (C=O) groups is 3. The van der Waals surface area contributed by atoms with E-state index >= 15 is 0 Å². The molecule has 4 aromatic rings. The molecule has 5 aliphatic heterocycles. The third-order valence-corrected chi connectivity index (χ3v) is 20.3. The fraction of sp³-hybridized carbons (Fsp3) is 0.613. The summed E-state index contributed by atoms with van der Waals surface area (Å²) in [6, 6.07) is 20.3. The highest BCUT2D eigenvalue weighted by molar-refractivity contribution is 6.76. The molecule has 80 heavy (non-hydrogen) atoms. The van der Waals surface area contributed by atoms with Crippen LogP contribution in [0.25, 0.3) is 16.6 Å². The third-order valence-electron chi connectivity index (χ3n) is 18.5. The number of allylic oxidation sites excluding steroid dienone is 2. The maximum atomic E-state index is 14.5. The molecule has 1 spiro atoms. The first kappa shape index (κ1) is 57.9. The number of imide groups is 1. The molecule has 3 saturated heterocycles. The molecule has 14 nitrogen and oxygen atoms in total. The molecule has 3 atom stereocenters. The Morgan fingerprint density at radius 2 is 1.62 bits per heavy atom. The number of aromatic nitrogens is 2. The lowest BCUT2D eigenvalue weighted by molar-refractivity contribution is -0.217. The van der Waals surface area contributed by atoms with Crippen molar-refractivity contribution in [3.8, 4) is 5.75 Å². The number of carbonyl (C=O) groups excluding carboxylic acids is 3. The van der Waals surface area contributed by atoms with E-state index in [-0.39, 0.29) is 54.6 Å². The van der Waals surface area contributed by atoms with E-state index in [1.807, 2.05) is 17.0 Å². The van der Waals surface area contributed by atoms with Crippen molar-refractivity contribution >= 4 is 48.1 Å². The number of hydrogen-bond acceptors (Lipinski definition) is 10. The van der Waals surface area contributed by atoms with E-state index in [1.54, 1.807) is 28.4 Å². The summed E-state index contributed by atoms with van der Waals surface area (Å²) in [4.78, 5) is 63.6. The van der Waals surface area contributed by atoms with Gasteiger partial charge in [0.25, 0.3) is 11.8 Å². The van der Waals surface area contributed by atoms with E-state index in [2.05, 4.69) is 91.1 Å². The molecule has 3 aromatic carbocycles. The van der Waals surface area contributed by atoms with Crippen LogP contribution in [0.5, 0.6) is 5.75 Å². The largest absolute Gasteiger partial charge is 0.497 e. The highest BCUT2D eigenvalue weighted by Gasteiger charge is 2.49. The lowest BCUT2D eigenvalue weighted by Gasteiger charge is -2.46. The van der Waals surface area contributed by atoms with Crippen molar-refractivity contribution in [3.05, 3.63) is 99.5 Å². The van der Waals surface area contributed by atoms with Crippen LogP contribution in [0.4, 0.5) is 18.9 Å². The summed E-state index contributed by atoms with van der Waals surface area (Å²) in [6.07, 6.45) is 5.18. The van der Waals surface area contributed by atoms with E-state index in [0.717, 1.165) is 93.2 Å². The Hall–Kier alpha value is -5.27. The first-order valence-corrected chi connectivity index (χ1v) is 32.9. The highest BCUT2D eigenvalue weighted by Crippen LogP contribution is 2.46. The summed E-state index contributed by atoms with van der Waals surface area (Å²) in [6.45, 7) is 19.5. The van der Waals surface area contributed by atoms with Crippen LogP contribution in [0.1, 0.15) is 125 Å². The van der Waals surface area contributed by atoms with Crippen molar-refractivity contribution in [1.82, 2.24) is 29.2 Å². The van der Waals surface area contributed by atoms with E-state index < -0.39 is 37.2 Å².